The predicted molar refractivity (Wildman–Crippen MR) is 84.3 cm³/mol. The zero-order valence-corrected chi connectivity index (χ0v) is 13.7. The second-order valence-corrected chi connectivity index (χ2v) is 7.04. The monoisotopic (exact) mass is 330 g/mol. The van der Waals surface area contributed by atoms with Gasteiger partial charge in [0.1, 0.15) is 5.82 Å². The number of halogens is 1. The van der Waals surface area contributed by atoms with Gasteiger partial charge in [0.15, 0.2) is 0 Å². The van der Waals surface area contributed by atoms with Gasteiger partial charge in [0.05, 0.1) is 12.3 Å². The van der Waals surface area contributed by atoms with Crippen molar-refractivity contribution in [3.05, 3.63) is 35.6 Å². The normalized spacial score (nSPS) is 12.9. The second-order valence-electron chi connectivity index (χ2n) is 5.26. The molecule has 1 atom stereocenters. The van der Waals surface area contributed by atoms with Crippen LogP contribution in [0.25, 0.3) is 0 Å². The number of hydrogen-bond donors (Lipinski definition) is 2. The Morgan fingerprint density at radius 3 is 2.41 bits per heavy atom. The van der Waals surface area contributed by atoms with E-state index in [2.05, 4.69) is 17.0 Å². The lowest BCUT2D eigenvalue weighted by Crippen LogP contribution is -2.33. The third-order valence-electron chi connectivity index (χ3n) is 3.12. The first-order chi connectivity index (χ1) is 10.3. The lowest BCUT2D eigenvalue weighted by atomic mass is 10.0. The van der Waals surface area contributed by atoms with E-state index in [-0.39, 0.29) is 12.3 Å². The summed E-state index contributed by atoms with van der Waals surface area (Å²) in [5.41, 5.74) is 0.551. The Balaban J connectivity index is 2.70. The fourth-order valence-electron chi connectivity index (χ4n) is 2.04. The number of rotatable bonds is 9. The molecule has 1 aromatic carbocycles. The molecule has 0 spiro atoms. The van der Waals surface area contributed by atoms with Gasteiger partial charge >= 0.3 is 0 Å². The second kappa shape index (κ2) is 8.85. The molecule has 0 aliphatic carbocycles. The first-order valence-corrected chi connectivity index (χ1v) is 9.20. The van der Waals surface area contributed by atoms with Gasteiger partial charge in [-0.3, -0.25) is 4.79 Å². The molecule has 0 radical (unpaired) electrons. The van der Waals surface area contributed by atoms with Gasteiger partial charge in [0, 0.05) is 13.0 Å². The number of benzene rings is 1. The minimum atomic E-state index is -3.48. The summed E-state index contributed by atoms with van der Waals surface area (Å²) in [5.74, 6) is -0.646. The summed E-state index contributed by atoms with van der Waals surface area (Å²) >= 11 is 0. The Morgan fingerprint density at radius 1 is 1.23 bits per heavy atom. The molecule has 22 heavy (non-hydrogen) atoms. The molecule has 1 rings (SSSR count). The molecule has 0 fully saturated rings. The number of amides is 1. The van der Waals surface area contributed by atoms with Crippen molar-refractivity contribution < 1.29 is 17.6 Å². The Bertz CT molecular complexity index is 573. The number of carbonyl (C=O) groups excluding carboxylic acids is 1. The molecule has 0 heterocycles. The molecule has 124 valence electrons. The van der Waals surface area contributed by atoms with Crippen LogP contribution in [0.3, 0.4) is 0 Å². The molecule has 0 aliphatic heterocycles. The zero-order valence-electron chi connectivity index (χ0n) is 12.9. The summed E-state index contributed by atoms with van der Waals surface area (Å²) in [6, 6.07) is 4.73. The number of sulfonamides is 1. The van der Waals surface area contributed by atoms with Crippen molar-refractivity contribution in [1.82, 2.24) is 10.0 Å². The molecule has 0 saturated carbocycles. The smallest absolute Gasteiger partial charge is 0.221 e. The quantitative estimate of drug-likeness (QED) is 0.681. The molecule has 2 N–H and O–H groups in total. The molecule has 0 bridgehead atoms. The van der Waals surface area contributed by atoms with Gasteiger partial charge in [0.2, 0.25) is 15.9 Å². The van der Waals surface area contributed by atoms with Crippen LogP contribution >= 0.6 is 0 Å². The summed E-state index contributed by atoms with van der Waals surface area (Å²) in [7, 11) is -3.48. The Kier molecular flexibility index (Phi) is 7.47. The first-order valence-electron chi connectivity index (χ1n) is 7.31. The highest BCUT2D eigenvalue weighted by molar-refractivity contribution is 7.88. The Hall–Kier alpha value is -1.47. The minimum Gasteiger partial charge on any atom is -0.356 e. The maximum atomic E-state index is 13.0. The Morgan fingerprint density at radius 2 is 1.86 bits per heavy atom. The summed E-state index contributed by atoms with van der Waals surface area (Å²) in [5, 5.41) is 2.77. The molecule has 5 nitrogen and oxygen atoms in total. The van der Waals surface area contributed by atoms with Crippen molar-refractivity contribution in [2.75, 3.05) is 12.8 Å². The van der Waals surface area contributed by atoms with E-state index in [9.17, 15) is 17.6 Å². The van der Waals surface area contributed by atoms with Crippen molar-refractivity contribution in [3.8, 4) is 0 Å². The van der Waals surface area contributed by atoms with E-state index in [0.29, 0.717) is 12.1 Å². The van der Waals surface area contributed by atoms with Gasteiger partial charge in [-0.05, 0) is 24.1 Å². The van der Waals surface area contributed by atoms with E-state index in [1.807, 2.05) is 0 Å². The van der Waals surface area contributed by atoms with Crippen LogP contribution in [0.4, 0.5) is 4.39 Å². The molecule has 1 amide bonds. The first kappa shape index (κ1) is 18.6. The van der Waals surface area contributed by atoms with E-state index >= 15 is 0 Å². The van der Waals surface area contributed by atoms with Crippen LogP contribution in [0.2, 0.25) is 0 Å². The van der Waals surface area contributed by atoms with E-state index in [1.54, 1.807) is 0 Å². The highest BCUT2D eigenvalue weighted by Crippen LogP contribution is 2.18. The Labute approximate surface area is 131 Å². The fourth-order valence-corrected chi connectivity index (χ4v) is 2.78. The van der Waals surface area contributed by atoms with Crippen LogP contribution in [-0.4, -0.2) is 27.1 Å². The van der Waals surface area contributed by atoms with Crippen molar-refractivity contribution in [2.45, 2.75) is 38.6 Å². The van der Waals surface area contributed by atoms with Gasteiger partial charge in [0.25, 0.3) is 0 Å². The van der Waals surface area contributed by atoms with Crippen LogP contribution in [0, 0.1) is 5.82 Å². The van der Waals surface area contributed by atoms with Gasteiger partial charge in [-0.1, -0.05) is 31.9 Å². The highest BCUT2D eigenvalue weighted by atomic mass is 32.2. The van der Waals surface area contributed by atoms with Crippen LogP contribution in [-0.2, 0) is 14.8 Å². The van der Waals surface area contributed by atoms with Gasteiger partial charge in [-0.25, -0.2) is 17.5 Å². The van der Waals surface area contributed by atoms with Crippen LogP contribution < -0.4 is 10.0 Å². The fraction of sp³-hybridized carbons (Fsp3) is 0.533. The van der Waals surface area contributed by atoms with Crippen molar-refractivity contribution in [3.63, 3.8) is 0 Å². The van der Waals surface area contributed by atoms with Crippen LogP contribution in [0.5, 0.6) is 0 Å². The number of carbonyl (C=O) groups is 1. The van der Waals surface area contributed by atoms with Gasteiger partial charge < -0.3 is 5.32 Å². The molecule has 1 unspecified atom stereocenters. The van der Waals surface area contributed by atoms with Crippen molar-refractivity contribution in [2.24, 2.45) is 0 Å². The van der Waals surface area contributed by atoms with Gasteiger partial charge in [-0.15, -0.1) is 0 Å². The maximum Gasteiger partial charge on any atom is 0.221 e. The number of hydrogen-bond acceptors (Lipinski definition) is 3. The maximum absolute atomic E-state index is 13.0. The third kappa shape index (κ3) is 7.51. The summed E-state index contributed by atoms with van der Waals surface area (Å²) in [4.78, 5) is 11.9. The van der Waals surface area contributed by atoms with Crippen molar-refractivity contribution >= 4 is 15.9 Å². The number of unbranched alkanes of at least 4 members (excludes halogenated alkanes) is 2. The zero-order chi connectivity index (χ0) is 16.6. The van der Waals surface area contributed by atoms with E-state index < -0.39 is 21.9 Å². The molecule has 0 aliphatic rings. The molecule has 0 aromatic heterocycles. The third-order valence-corrected chi connectivity index (χ3v) is 3.83. The molecular formula is C15H23FN2O3S. The van der Waals surface area contributed by atoms with E-state index in [0.717, 1.165) is 25.5 Å². The lowest BCUT2D eigenvalue weighted by Gasteiger charge is -2.17. The topological polar surface area (TPSA) is 75.3 Å². The average Bonchev–Trinajstić information content (AvgIpc) is 2.42. The lowest BCUT2D eigenvalue weighted by molar-refractivity contribution is -0.121. The minimum absolute atomic E-state index is 0.0230. The summed E-state index contributed by atoms with van der Waals surface area (Å²) in [6.45, 7) is 2.64. The highest BCUT2D eigenvalue weighted by Gasteiger charge is 2.19. The van der Waals surface area contributed by atoms with Crippen LogP contribution in [0.15, 0.2) is 24.3 Å². The molecule has 1 aromatic rings. The molecule has 0 saturated heterocycles. The number of nitrogens with one attached hydrogen (secondary N) is 2. The summed E-state index contributed by atoms with van der Waals surface area (Å²) < 4.78 is 38.3. The average molecular weight is 330 g/mol. The van der Waals surface area contributed by atoms with Crippen molar-refractivity contribution in [1.29, 1.82) is 0 Å². The standard InChI is InChI=1S/C15H23FN2O3S/c1-3-4-5-10-17-15(19)11-14(18-22(2,20)21)12-6-8-13(16)9-7-12/h6-9,14,18H,3-5,10-11H2,1-2H3,(H,17,19). The SMILES string of the molecule is CCCCCNC(=O)CC(NS(C)(=O)=O)c1ccc(F)cc1. The van der Waals surface area contributed by atoms with Gasteiger partial charge in [-0.2, -0.15) is 0 Å². The predicted octanol–water partition coefficient (Wildman–Crippen LogP) is 2.11. The molecular weight excluding hydrogens is 307 g/mol. The summed E-state index contributed by atoms with van der Waals surface area (Å²) in [6.07, 6.45) is 3.99. The van der Waals surface area contributed by atoms with E-state index in [1.165, 1.54) is 24.3 Å². The molecule has 7 heteroatoms. The largest absolute Gasteiger partial charge is 0.356 e. The van der Waals surface area contributed by atoms with E-state index in [4.69, 9.17) is 0 Å². The van der Waals surface area contributed by atoms with Crippen LogP contribution in [0.1, 0.15) is 44.2 Å².